The third-order valence-corrected chi connectivity index (χ3v) is 5.23. The Morgan fingerprint density at radius 3 is 2.69 bits per heavy atom. The third kappa shape index (κ3) is 5.24. The number of likely N-dealkylation sites (N-methyl/N-ethyl adjacent to an activating group) is 1. The number of benzene rings is 2. The van der Waals surface area contributed by atoms with Crippen molar-refractivity contribution in [1.29, 1.82) is 0 Å². The number of hydrogen-bond donors (Lipinski definition) is 1. The first-order valence-corrected chi connectivity index (χ1v) is 9.62. The number of carbonyl (C=O) groups is 2. The highest BCUT2D eigenvalue weighted by atomic mass is 35.5. The summed E-state index contributed by atoms with van der Waals surface area (Å²) < 4.78 is 39.7. The van der Waals surface area contributed by atoms with Crippen LogP contribution in [0.2, 0.25) is 5.02 Å². The standard InChI is InChI=1S/C19H15ClF3N3O2S/c1-26(18(28)7-11-2-5-15-16(6-11)29-10-24-15)9-17(27)25-12-3-4-14(20)13(8-12)19(21,22)23/h2-6,8,10H,7,9H2,1H3,(H,25,27). The van der Waals surface area contributed by atoms with Crippen molar-refractivity contribution < 1.29 is 22.8 Å². The summed E-state index contributed by atoms with van der Waals surface area (Å²) in [6.45, 7) is -0.300. The van der Waals surface area contributed by atoms with E-state index in [0.29, 0.717) is 0 Å². The fraction of sp³-hybridized carbons (Fsp3) is 0.211. The van der Waals surface area contributed by atoms with Crippen LogP contribution < -0.4 is 5.32 Å². The first-order valence-electron chi connectivity index (χ1n) is 8.36. The zero-order chi connectivity index (χ0) is 21.2. The van der Waals surface area contributed by atoms with E-state index in [1.165, 1.54) is 29.4 Å². The fourth-order valence-corrected chi connectivity index (χ4v) is 3.61. The number of fused-ring (bicyclic) bond motifs is 1. The molecule has 29 heavy (non-hydrogen) atoms. The quantitative estimate of drug-likeness (QED) is 0.629. The minimum absolute atomic E-state index is 0.0526. The Bertz CT molecular complexity index is 1070. The van der Waals surface area contributed by atoms with Crippen LogP contribution in [0.3, 0.4) is 0 Å². The van der Waals surface area contributed by atoms with Crippen molar-refractivity contribution in [3.63, 3.8) is 0 Å². The largest absolute Gasteiger partial charge is 0.417 e. The van der Waals surface area contributed by atoms with E-state index in [1.807, 2.05) is 12.1 Å². The molecule has 0 atom stereocenters. The van der Waals surface area contributed by atoms with E-state index in [1.54, 1.807) is 11.6 Å². The smallest absolute Gasteiger partial charge is 0.336 e. The number of hydrogen-bond acceptors (Lipinski definition) is 4. The Morgan fingerprint density at radius 2 is 1.97 bits per heavy atom. The van der Waals surface area contributed by atoms with E-state index < -0.39 is 22.7 Å². The number of halogens is 4. The molecule has 0 spiro atoms. The minimum atomic E-state index is -4.64. The Labute approximate surface area is 173 Å². The van der Waals surface area contributed by atoms with Gasteiger partial charge in [0.1, 0.15) is 0 Å². The summed E-state index contributed by atoms with van der Waals surface area (Å²) >= 11 is 7.02. The number of aromatic nitrogens is 1. The van der Waals surface area contributed by atoms with Crippen LogP contribution in [0.15, 0.2) is 41.9 Å². The first-order chi connectivity index (χ1) is 13.6. The molecule has 2 aromatic carbocycles. The van der Waals surface area contributed by atoms with Gasteiger partial charge >= 0.3 is 6.18 Å². The van der Waals surface area contributed by atoms with Gasteiger partial charge in [0.05, 0.1) is 39.3 Å². The van der Waals surface area contributed by atoms with E-state index in [2.05, 4.69) is 10.3 Å². The molecule has 1 aromatic heterocycles. The summed E-state index contributed by atoms with van der Waals surface area (Å²) in [5, 5.41) is 1.90. The first kappa shape index (κ1) is 21.1. The van der Waals surface area contributed by atoms with Crippen molar-refractivity contribution in [3.05, 3.63) is 58.1 Å². The molecule has 0 aliphatic rings. The highest BCUT2D eigenvalue weighted by Gasteiger charge is 2.33. The number of alkyl halides is 3. The molecule has 1 heterocycles. The molecule has 2 amide bonds. The van der Waals surface area contributed by atoms with Crippen LogP contribution in [0.1, 0.15) is 11.1 Å². The number of anilines is 1. The highest BCUT2D eigenvalue weighted by molar-refractivity contribution is 7.16. The molecule has 0 aliphatic heterocycles. The molecular weight excluding hydrogens is 427 g/mol. The average Bonchev–Trinajstić information content (AvgIpc) is 3.10. The molecule has 0 unspecified atom stereocenters. The van der Waals surface area contributed by atoms with Crippen molar-refractivity contribution in [2.24, 2.45) is 0 Å². The zero-order valence-corrected chi connectivity index (χ0v) is 16.7. The van der Waals surface area contributed by atoms with Gasteiger partial charge in [-0.3, -0.25) is 9.59 Å². The van der Waals surface area contributed by atoms with Gasteiger partial charge in [-0.25, -0.2) is 4.98 Å². The Hall–Kier alpha value is -2.65. The summed E-state index contributed by atoms with van der Waals surface area (Å²) in [5.74, 6) is -0.912. The molecule has 0 radical (unpaired) electrons. The molecule has 5 nitrogen and oxygen atoms in total. The third-order valence-electron chi connectivity index (χ3n) is 4.11. The maximum Gasteiger partial charge on any atom is 0.417 e. The van der Waals surface area contributed by atoms with Gasteiger partial charge < -0.3 is 10.2 Å². The predicted octanol–water partition coefficient (Wildman–Crippen LogP) is 4.61. The second-order valence-corrected chi connectivity index (χ2v) is 7.62. The molecule has 10 heteroatoms. The van der Waals surface area contributed by atoms with Crippen molar-refractivity contribution in [1.82, 2.24) is 9.88 Å². The minimum Gasteiger partial charge on any atom is -0.336 e. The van der Waals surface area contributed by atoms with Crippen LogP contribution in [0.4, 0.5) is 18.9 Å². The molecule has 3 aromatic rings. The van der Waals surface area contributed by atoms with E-state index in [0.717, 1.165) is 27.9 Å². The van der Waals surface area contributed by atoms with Gasteiger partial charge in [-0.15, -0.1) is 11.3 Å². The maximum absolute atomic E-state index is 12.9. The summed E-state index contributed by atoms with van der Waals surface area (Å²) in [4.78, 5) is 29.9. The Kier molecular flexibility index (Phi) is 6.09. The molecule has 1 N–H and O–H groups in total. The molecule has 3 rings (SSSR count). The molecule has 0 aliphatic carbocycles. The number of amides is 2. The summed E-state index contributed by atoms with van der Waals surface area (Å²) in [6, 6.07) is 8.56. The van der Waals surface area contributed by atoms with Gasteiger partial charge in [0.2, 0.25) is 11.8 Å². The lowest BCUT2D eigenvalue weighted by Gasteiger charge is -2.17. The lowest BCUT2D eigenvalue weighted by molar-refractivity contribution is -0.137. The number of nitrogens with one attached hydrogen (secondary N) is 1. The summed E-state index contributed by atoms with van der Waals surface area (Å²) in [5.41, 5.74) is 2.25. The van der Waals surface area contributed by atoms with Crippen molar-refractivity contribution in [2.45, 2.75) is 12.6 Å². The van der Waals surface area contributed by atoms with Crippen molar-refractivity contribution >= 4 is 50.7 Å². The van der Waals surface area contributed by atoms with E-state index in [4.69, 9.17) is 11.6 Å². The number of carbonyl (C=O) groups excluding carboxylic acids is 2. The second kappa shape index (κ2) is 8.38. The molecule has 0 fully saturated rings. The van der Waals surface area contributed by atoms with Crippen LogP contribution >= 0.6 is 22.9 Å². The maximum atomic E-state index is 12.9. The van der Waals surface area contributed by atoms with Gasteiger partial charge in [0, 0.05) is 12.7 Å². The Morgan fingerprint density at radius 1 is 1.21 bits per heavy atom. The van der Waals surface area contributed by atoms with E-state index in [-0.39, 0.29) is 24.6 Å². The molecular formula is C19H15ClF3N3O2S. The van der Waals surface area contributed by atoms with Gasteiger partial charge in [-0.1, -0.05) is 17.7 Å². The normalized spacial score (nSPS) is 11.5. The van der Waals surface area contributed by atoms with Crippen molar-refractivity contribution in [3.8, 4) is 0 Å². The van der Waals surface area contributed by atoms with Crippen LogP contribution in [0.25, 0.3) is 10.2 Å². The molecule has 0 saturated carbocycles. The van der Waals surface area contributed by atoms with Crippen LogP contribution in [-0.4, -0.2) is 35.3 Å². The number of rotatable bonds is 5. The van der Waals surface area contributed by atoms with Crippen LogP contribution in [0.5, 0.6) is 0 Å². The van der Waals surface area contributed by atoms with E-state index in [9.17, 15) is 22.8 Å². The molecule has 0 bridgehead atoms. The van der Waals surface area contributed by atoms with Gasteiger partial charge in [0.25, 0.3) is 0 Å². The number of thiazole rings is 1. The lowest BCUT2D eigenvalue weighted by Crippen LogP contribution is -2.35. The average molecular weight is 442 g/mol. The molecule has 152 valence electrons. The Balaban J connectivity index is 1.60. The predicted molar refractivity (Wildman–Crippen MR) is 106 cm³/mol. The van der Waals surface area contributed by atoms with Crippen LogP contribution in [0, 0.1) is 0 Å². The second-order valence-electron chi connectivity index (χ2n) is 6.32. The van der Waals surface area contributed by atoms with Crippen LogP contribution in [-0.2, 0) is 22.2 Å². The lowest BCUT2D eigenvalue weighted by atomic mass is 10.1. The van der Waals surface area contributed by atoms with Gasteiger partial charge in [-0.2, -0.15) is 13.2 Å². The van der Waals surface area contributed by atoms with E-state index >= 15 is 0 Å². The van der Waals surface area contributed by atoms with Gasteiger partial charge in [-0.05, 0) is 35.9 Å². The fourth-order valence-electron chi connectivity index (χ4n) is 2.64. The molecule has 0 saturated heterocycles. The van der Waals surface area contributed by atoms with Gasteiger partial charge in [0.15, 0.2) is 0 Å². The summed E-state index contributed by atoms with van der Waals surface area (Å²) in [6.07, 6.45) is -4.54. The SMILES string of the molecule is CN(CC(=O)Nc1ccc(Cl)c(C(F)(F)F)c1)C(=O)Cc1ccc2ncsc2c1. The zero-order valence-electron chi connectivity index (χ0n) is 15.1. The highest BCUT2D eigenvalue weighted by Crippen LogP contribution is 2.36. The summed E-state index contributed by atoms with van der Waals surface area (Å²) in [7, 11) is 1.45. The monoisotopic (exact) mass is 441 g/mol. The van der Waals surface area contributed by atoms with Crippen molar-refractivity contribution in [2.75, 3.05) is 18.9 Å². The number of nitrogens with zero attached hydrogens (tertiary/aromatic N) is 2. The topological polar surface area (TPSA) is 62.3 Å².